The van der Waals surface area contributed by atoms with E-state index < -0.39 is 0 Å². The van der Waals surface area contributed by atoms with Gasteiger partial charge < -0.3 is 9.73 Å². The summed E-state index contributed by atoms with van der Waals surface area (Å²) in [6.07, 6.45) is 5.42. The molecular weight excluding hydrogens is 344 g/mol. The molecule has 0 saturated heterocycles. The number of hydrogen-bond donors (Lipinski definition) is 2. The second-order valence-electron chi connectivity index (χ2n) is 4.95. The first kappa shape index (κ1) is 16.5. The Bertz CT molecular complexity index is 794. The van der Waals surface area contributed by atoms with Crippen molar-refractivity contribution in [3.8, 4) is 0 Å². The van der Waals surface area contributed by atoms with Crippen molar-refractivity contribution >= 4 is 41.2 Å². The lowest BCUT2D eigenvalue weighted by molar-refractivity contribution is -0.119. The zero-order valence-electron chi connectivity index (χ0n) is 12.9. The summed E-state index contributed by atoms with van der Waals surface area (Å²) in [4.78, 5) is 17.4. The van der Waals surface area contributed by atoms with Gasteiger partial charge in [0.25, 0.3) is 0 Å². The highest BCUT2D eigenvalue weighted by Gasteiger charge is 2.13. The van der Waals surface area contributed by atoms with E-state index in [1.54, 1.807) is 23.7 Å². The number of hydrogen-bond acceptors (Lipinski definition) is 6. The minimum absolute atomic E-state index is 0.0932. The zero-order valence-corrected chi connectivity index (χ0v) is 14.6. The SMILES string of the molecule is CC(NC(=O)CSc1n[nH]c(/C=C/c2cccs2)n1)c1ccco1. The van der Waals surface area contributed by atoms with Gasteiger partial charge in [0.2, 0.25) is 11.1 Å². The van der Waals surface area contributed by atoms with E-state index in [1.807, 2.05) is 42.7 Å². The van der Waals surface area contributed by atoms with Gasteiger partial charge in [-0.25, -0.2) is 4.98 Å². The molecule has 24 heavy (non-hydrogen) atoms. The maximum absolute atomic E-state index is 12.0. The molecule has 0 bridgehead atoms. The molecule has 0 aliphatic carbocycles. The van der Waals surface area contributed by atoms with Crippen molar-refractivity contribution in [2.24, 2.45) is 0 Å². The van der Waals surface area contributed by atoms with Crippen LogP contribution in [-0.2, 0) is 4.79 Å². The highest BCUT2D eigenvalue weighted by atomic mass is 32.2. The van der Waals surface area contributed by atoms with Crippen LogP contribution in [0, 0.1) is 0 Å². The lowest BCUT2D eigenvalue weighted by Crippen LogP contribution is -2.27. The van der Waals surface area contributed by atoms with Crippen LogP contribution < -0.4 is 5.32 Å². The summed E-state index contributed by atoms with van der Waals surface area (Å²) < 4.78 is 5.26. The average Bonchev–Trinajstić information content (AvgIpc) is 3.33. The first-order chi connectivity index (χ1) is 11.7. The quantitative estimate of drug-likeness (QED) is 0.629. The van der Waals surface area contributed by atoms with Gasteiger partial charge in [-0.05, 0) is 42.7 Å². The molecule has 1 amide bonds. The van der Waals surface area contributed by atoms with Crippen LogP contribution in [0.25, 0.3) is 12.2 Å². The van der Waals surface area contributed by atoms with Gasteiger partial charge >= 0.3 is 0 Å². The van der Waals surface area contributed by atoms with Crippen LogP contribution in [0.2, 0.25) is 0 Å². The minimum atomic E-state index is -0.162. The van der Waals surface area contributed by atoms with E-state index in [9.17, 15) is 4.79 Å². The molecule has 0 aromatic carbocycles. The predicted molar refractivity (Wildman–Crippen MR) is 95.6 cm³/mol. The average molecular weight is 360 g/mol. The Labute approximate surface area is 147 Å². The Morgan fingerprint density at radius 3 is 3.12 bits per heavy atom. The maximum atomic E-state index is 12.0. The molecule has 0 spiro atoms. The molecule has 6 nitrogen and oxygen atoms in total. The Morgan fingerprint density at radius 2 is 2.38 bits per heavy atom. The molecule has 1 atom stereocenters. The second-order valence-corrected chi connectivity index (χ2v) is 6.87. The van der Waals surface area contributed by atoms with E-state index in [-0.39, 0.29) is 17.7 Å². The molecule has 3 heterocycles. The molecule has 0 saturated carbocycles. The monoisotopic (exact) mass is 360 g/mol. The topological polar surface area (TPSA) is 83.8 Å². The van der Waals surface area contributed by atoms with E-state index >= 15 is 0 Å². The normalized spacial score (nSPS) is 12.5. The fourth-order valence-corrected chi connectivity index (χ4v) is 3.20. The highest BCUT2D eigenvalue weighted by Crippen LogP contribution is 2.16. The van der Waals surface area contributed by atoms with Crippen LogP contribution in [0.3, 0.4) is 0 Å². The summed E-state index contributed by atoms with van der Waals surface area (Å²) in [6.45, 7) is 1.88. The van der Waals surface area contributed by atoms with E-state index in [2.05, 4.69) is 20.5 Å². The first-order valence-corrected chi connectivity index (χ1v) is 9.17. The molecule has 0 radical (unpaired) electrons. The summed E-state index contributed by atoms with van der Waals surface area (Å²) >= 11 is 2.94. The van der Waals surface area contributed by atoms with Gasteiger partial charge in [-0.15, -0.1) is 16.4 Å². The van der Waals surface area contributed by atoms with Crippen molar-refractivity contribution < 1.29 is 9.21 Å². The maximum Gasteiger partial charge on any atom is 0.231 e. The molecular formula is C16H16N4O2S2. The van der Waals surface area contributed by atoms with Crippen molar-refractivity contribution in [1.82, 2.24) is 20.5 Å². The molecule has 0 aliphatic heterocycles. The van der Waals surface area contributed by atoms with Gasteiger partial charge in [-0.3, -0.25) is 9.89 Å². The molecule has 1 unspecified atom stereocenters. The van der Waals surface area contributed by atoms with Gasteiger partial charge in [0.05, 0.1) is 18.1 Å². The molecule has 0 fully saturated rings. The van der Waals surface area contributed by atoms with Crippen molar-refractivity contribution in [2.45, 2.75) is 18.1 Å². The Morgan fingerprint density at radius 1 is 1.46 bits per heavy atom. The number of carbonyl (C=O) groups is 1. The lowest BCUT2D eigenvalue weighted by atomic mass is 10.2. The number of carbonyl (C=O) groups excluding carboxylic acids is 1. The van der Waals surface area contributed by atoms with Gasteiger partial charge in [0.15, 0.2) is 0 Å². The lowest BCUT2D eigenvalue weighted by Gasteiger charge is -2.10. The zero-order chi connectivity index (χ0) is 16.8. The van der Waals surface area contributed by atoms with E-state index in [0.29, 0.717) is 11.0 Å². The largest absolute Gasteiger partial charge is 0.467 e. The van der Waals surface area contributed by atoms with Crippen molar-refractivity contribution in [1.29, 1.82) is 0 Å². The van der Waals surface area contributed by atoms with Crippen molar-refractivity contribution in [2.75, 3.05) is 5.75 Å². The number of thioether (sulfide) groups is 1. The van der Waals surface area contributed by atoms with Crippen LogP contribution in [0.4, 0.5) is 0 Å². The van der Waals surface area contributed by atoms with Crippen molar-refractivity contribution in [3.63, 3.8) is 0 Å². The molecule has 2 N–H and O–H groups in total. The predicted octanol–water partition coefficient (Wildman–Crippen LogP) is 3.60. The van der Waals surface area contributed by atoms with Crippen LogP contribution in [0.5, 0.6) is 0 Å². The third-order valence-corrected chi connectivity index (χ3v) is 4.80. The molecule has 0 aliphatic rings. The van der Waals surface area contributed by atoms with Crippen LogP contribution >= 0.6 is 23.1 Å². The standard InChI is InChI=1S/C16H16N4O2S2/c1-11(13-5-2-8-22-13)17-15(21)10-24-16-18-14(19-20-16)7-6-12-4-3-9-23-12/h2-9,11H,10H2,1H3,(H,17,21)(H,18,19,20)/b7-6+. The number of amides is 1. The van der Waals surface area contributed by atoms with Gasteiger partial charge in [-0.1, -0.05) is 17.8 Å². The number of nitrogens with one attached hydrogen (secondary N) is 2. The number of aromatic nitrogens is 3. The Kier molecular flexibility index (Phi) is 5.50. The number of thiophene rings is 1. The van der Waals surface area contributed by atoms with E-state index in [0.717, 1.165) is 10.6 Å². The first-order valence-electron chi connectivity index (χ1n) is 7.30. The molecule has 124 valence electrons. The van der Waals surface area contributed by atoms with Crippen LogP contribution in [-0.4, -0.2) is 26.8 Å². The second kappa shape index (κ2) is 7.98. The van der Waals surface area contributed by atoms with Gasteiger partial charge in [0.1, 0.15) is 11.6 Å². The number of rotatable bonds is 7. The van der Waals surface area contributed by atoms with Crippen LogP contribution in [0.15, 0.2) is 45.5 Å². The fourth-order valence-electron chi connectivity index (χ4n) is 1.97. The number of aromatic amines is 1. The van der Waals surface area contributed by atoms with Crippen molar-refractivity contribution in [3.05, 3.63) is 52.4 Å². The third-order valence-electron chi connectivity index (χ3n) is 3.11. The summed E-state index contributed by atoms with van der Waals surface area (Å²) in [5, 5.41) is 12.4. The number of nitrogens with zero attached hydrogens (tertiary/aromatic N) is 2. The molecule has 3 rings (SSSR count). The molecule has 3 aromatic heterocycles. The third kappa shape index (κ3) is 4.59. The summed E-state index contributed by atoms with van der Waals surface area (Å²) in [5.74, 6) is 1.55. The van der Waals surface area contributed by atoms with E-state index in [4.69, 9.17) is 4.42 Å². The van der Waals surface area contributed by atoms with Crippen LogP contribution in [0.1, 0.15) is 29.4 Å². The highest BCUT2D eigenvalue weighted by molar-refractivity contribution is 7.99. The Balaban J connectivity index is 1.47. The fraction of sp³-hybridized carbons (Fsp3) is 0.188. The van der Waals surface area contributed by atoms with E-state index in [1.165, 1.54) is 11.8 Å². The minimum Gasteiger partial charge on any atom is -0.467 e. The summed E-state index contributed by atoms with van der Waals surface area (Å²) in [6, 6.07) is 7.49. The van der Waals surface area contributed by atoms with Gasteiger partial charge in [-0.2, -0.15) is 0 Å². The molecule has 3 aromatic rings. The summed E-state index contributed by atoms with van der Waals surface area (Å²) in [5.41, 5.74) is 0. The molecule has 8 heteroatoms. The summed E-state index contributed by atoms with van der Waals surface area (Å²) in [7, 11) is 0. The van der Waals surface area contributed by atoms with Gasteiger partial charge in [0, 0.05) is 4.88 Å². The smallest absolute Gasteiger partial charge is 0.231 e. The number of H-pyrrole nitrogens is 1. The number of furan rings is 1. The Hall–Kier alpha value is -2.32.